The average Bonchev–Trinajstić information content (AvgIpc) is 2.20. The topological polar surface area (TPSA) is 35.5 Å². The highest BCUT2D eigenvalue weighted by molar-refractivity contribution is 6.28. The van der Waals surface area contributed by atoms with Gasteiger partial charge < -0.3 is 9.47 Å². The Hall–Kier alpha value is -1.22. The quantitative estimate of drug-likeness (QED) is 0.571. The number of carbonyl (C=O) groups excluding carboxylic acids is 1. The molecule has 1 aromatic carbocycles. The summed E-state index contributed by atoms with van der Waals surface area (Å²) in [5.41, 5.74) is -0.178. The van der Waals surface area contributed by atoms with Crippen LogP contribution in [0.25, 0.3) is 0 Å². The Morgan fingerprint density at radius 2 is 2.07 bits per heavy atom. The number of carbonyl (C=O) groups is 1. The summed E-state index contributed by atoms with van der Waals surface area (Å²) in [7, 11) is 1.26. The van der Waals surface area contributed by atoms with Crippen LogP contribution in [0.15, 0.2) is 24.3 Å². The highest BCUT2D eigenvalue weighted by Crippen LogP contribution is 2.19. The van der Waals surface area contributed by atoms with Gasteiger partial charge in [-0.1, -0.05) is 29.8 Å². The van der Waals surface area contributed by atoms with E-state index in [-0.39, 0.29) is 0 Å². The number of esters is 1. The second-order valence-electron chi connectivity index (χ2n) is 2.72. The molecule has 0 amide bonds. The number of para-hydroxylation sites is 1. The molecule has 3 nitrogen and oxygen atoms in total. The van der Waals surface area contributed by atoms with E-state index >= 15 is 0 Å². The largest absolute Gasteiger partial charge is 0.465 e. The Balaban J connectivity index is 2.69. The maximum Gasteiger partial charge on any atom is 0.363 e. The summed E-state index contributed by atoms with van der Waals surface area (Å²) in [4.78, 5) is 10.9. The molecule has 0 aliphatic rings. The van der Waals surface area contributed by atoms with Gasteiger partial charge >= 0.3 is 5.97 Å². The van der Waals surface area contributed by atoms with Crippen molar-refractivity contribution in [2.75, 3.05) is 7.11 Å². The maximum atomic E-state index is 10.9. The SMILES string of the molecule is COC(=O)C(Cl)Oc1ccccc1C. The Morgan fingerprint density at radius 1 is 1.43 bits per heavy atom. The van der Waals surface area contributed by atoms with Crippen molar-refractivity contribution in [3.8, 4) is 5.75 Å². The third-order valence-electron chi connectivity index (χ3n) is 1.71. The molecule has 0 N–H and O–H groups in total. The minimum Gasteiger partial charge on any atom is -0.465 e. The maximum absolute atomic E-state index is 10.9. The van der Waals surface area contributed by atoms with Gasteiger partial charge in [0, 0.05) is 0 Å². The monoisotopic (exact) mass is 214 g/mol. The molecule has 0 heterocycles. The summed E-state index contributed by atoms with van der Waals surface area (Å²) in [6.45, 7) is 1.87. The van der Waals surface area contributed by atoms with E-state index in [1.54, 1.807) is 6.07 Å². The van der Waals surface area contributed by atoms with Gasteiger partial charge in [-0.25, -0.2) is 4.79 Å². The van der Waals surface area contributed by atoms with E-state index in [0.717, 1.165) is 5.56 Å². The van der Waals surface area contributed by atoms with Gasteiger partial charge in [0.2, 0.25) is 0 Å². The highest BCUT2D eigenvalue weighted by atomic mass is 35.5. The van der Waals surface area contributed by atoms with Crippen LogP contribution in [0.2, 0.25) is 0 Å². The molecule has 76 valence electrons. The lowest BCUT2D eigenvalue weighted by Crippen LogP contribution is -2.22. The molecule has 0 radical (unpaired) electrons. The van der Waals surface area contributed by atoms with Gasteiger partial charge in [-0.05, 0) is 18.6 Å². The zero-order valence-corrected chi connectivity index (χ0v) is 8.75. The Bertz CT molecular complexity index is 325. The van der Waals surface area contributed by atoms with Gasteiger partial charge in [0.25, 0.3) is 5.56 Å². The van der Waals surface area contributed by atoms with Crippen LogP contribution in [0.3, 0.4) is 0 Å². The van der Waals surface area contributed by atoms with Crippen molar-refractivity contribution in [3.63, 3.8) is 0 Å². The summed E-state index contributed by atoms with van der Waals surface area (Å²) in [6.07, 6.45) is 0. The molecule has 0 spiro atoms. The molecule has 0 fully saturated rings. The number of hydrogen-bond acceptors (Lipinski definition) is 3. The first-order valence-electron chi connectivity index (χ1n) is 4.09. The van der Waals surface area contributed by atoms with Crippen LogP contribution in [-0.4, -0.2) is 18.6 Å². The molecule has 0 aromatic heterocycles. The van der Waals surface area contributed by atoms with Crippen LogP contribution in [0, 0.1) is 6.92 Å². The van der Waals surface area contributed by atoms with Crippen LogP contribution in [0.1, 0.15) is 5.56 Å². The number of rotatable bonds is 3. The van der Waals surface area contributed by atoms with Gasteiger partial charge in [-0.2, -0.15) is 0 Å². The van der Waals surface area contributed by atoms with E-state index in [1.807, 2.05) is 25.1 Å². The fraction of sp³-hybridized carbons (Fsp3) is 0.300. The van der Waals surface area contributed by atoms with Gasteiger partial charge in [0.1, 0.15) is 5.75 Å². The summed E-state index contributed by atoms with van der Waals surface area (Å²) in [5, 5.41) is 0. The van der Waals surface area contributed by atoms with Crippen LogP contribution >= 0.6 is 11.6 Å². The summed E-state index contributed by atoms with van der Waals surface area (Å²) in [5.74, 6) is -0.0205. The molecule has 0 aliphatic carbocycles. The molecule has 0 saturated heterocycles. The number of methoxy groups -OCH3 is 1. The Labute approximate surface area is 87.6 Å². The molecule has 4 heteroatoms. The second-order valence-corrected chi connectivity index (χ2v) is 3.12. The minimum absolute atomic E-state index is 0.581. The summed E-state index contributed by atoms with van der Waals surface area (Å²) < 4.78 is 9.62. The molecule has 14 heavy (non-hydrogen) atoms. The highest BCUT2D eigenvalue weighted by Gasteiger charge is 2.17. The van der Waals surface area contributed by atoms with Gasteiger partial charge in [0.15, 0.2) is 0 Å². The fourth-order valence-electron chi connectivity index (χ4n) is 0.941. The first-order valence-corrected chi connectivity index (χ1v) is 4.53. The zero-order valence-electron chi connectivity index (χ0n) is 7.99. The standard InChI is InChI=1S/C10H11ClO3/c1-7-5-3-4-6-8(7)14-9(11)10(12)13-2/h3-6,9H,1-2H3. The molecule has 1 unspecified atom stereocenters. The van der Waals surface area contributed by atoms with E-state index in [1.165, 1.54) is 7.11 Å². The zero-order chi connectivity index (χ0) is 10.6. The molecule has 0 saturated carbocycles. The molecule has 0 aliphatic heterocycles. The summed E-state index contributed by atoms with van der Waals surface area (Å²) >= 11 is 5.64. The van der Waals surface area contributed by atoms with Gasteiger partial charge in [-0.15, -0.1) is 0 Å². The van der Waals surface area contributed by atoms with Crippen molar-refractivity contribution in [1.82, 2.24) is 0 Å². The van der Waals surface area contributed by atoms with Crippen molar-refractivity contribution in [1.29, 1.82) is 0 Å². The second kappa shape index (κ2) is 4.86. The van der Waals surface area contributed by atoms with Crippen LogP contribution < -0.4 is 4.74 Å². The van der Waals surface area contributed by atoms with Crippen molar-refractivity contribution in [2.24, 2.45) is 0 Å². The first kappa shape index (κ1) is 10.9. The van der Waals surface area contributed by atoms with Crippen molar-refractivity contribution >= 4 is 17.6 Å². The van der Waals surface area contributed by atoms with Crippen molar-refractivity contribution in [3.05, 3.63) is 29.8 Å². The molecule has 1 rings (SSSR count). The molecule has 1 aromatic rings. The lowest BCUT2D eigenvalue weighted by atomic mass is 10.2. The van der Waals surface area contributed by atoms with E-state index in [9.17, 15) is 4.79 Å². The Morgan fingerprint density at radius 3 is 2.64 bits per heavy atom. The molecular formula is C10H11ClO3. The molecular weight excluding hydrogens is 204 g/mol. The lowest BCUT2D eigenvalue weighted by molar-refractivity contribution is -0.145. The van der Waals surface area contributed by atoms with Gasteiger partial charge in [-0.3, -0.25) is 0 Å². The summed E-state index contributed by atoms with van der Waals surface area (Å²) in [6, 6.07) is 7.30. The van der Waals surface area contributed by atoms with Gasteiger partial charge in [0.05, 0.1) is 7.11 Å². The predicted octanol–water partition coefficient (Wildman–Crippen LogP) is 2.11. The molecule has 0 bridgehead atoms. The number of alkyl halides is 1. The first-order chi connectivity index (χ1) is 6.65. The molecule has 1 atom stereocenters. The van der Waals surface area contributed by atoms with E-state index in [0.29, 0.717) is 5.75 Å². The third kappa shape index (κ3) is 2.64. The van der Waals surface area contributed by atoms with E-state index in [4.69, 9.17) is 16.3 Å². The number of ether oxygens (including phenoxy) is 2. The smallest absolute Gasteiger partial charge is 0.363 e. The van der Waals surface area contributed by atoms with Crippen LogP contribution in [-0.2, 0) is 9.53 Å². The van der Waals surface area contributed by atoms with E-state index in [2.05, 4.69) is 4.74 Å². The third-order valence-corrected chi connectivity index (χ3v) is 1.98. The fourth-order valence-corrected chi connectivity index (χ4v) is 1.13. The van der Waals surface area contributed by atoms with Crippen molar-refractivity contribution < 1.29 is 14.3 Å². The number of hydrogen-bond donors (Lipinski definition) is 0. The van der Waals surface area contributed by atoms with Crippen molar-refractivity contribution in [2.45, 2.75) is 12.5 Å². The normalized spacial score (nSPS) is 11.9. The van der Waals surface area contributed by atoms with Crippen LogP contribution in [0.4, 0.5) is 0 Å². The Kier molecular flexibility index (Phi) is 3.77. The van der Waals surface area contributed by atoms with E-state index < -0.39 is 11.5 Å². The van der Waals surface area contributed by atoms with Crippen LogP contribution in [0.5, 0.6) is 5.75 Å². The number of aryl methyl sites for hydroxylation is 1. The number of halogens is 1. The average molecular weight is 215 g/mol. The lowest BCUT2D eigenvalue weighted by Gasteiger charge is -2.11. The predicted molar refractivity (Wildman–Crippen MR) is 53.5 cm³/mol. The number of benzene rings is 1. The minimum atomic E-state index is -1.10.